The first-order valence-electron chi connectivity index (χ1n) is 5.75. The van der Waals surface area contributed by atoms with Crippen LogP contribution in [0.5, 0.6) is 0 Å². The van der Waals surface area contributed by atoms with Crippen molar-refractivity contribution in [3.05, 3.63) is 23.3 Å². The number of amides is 1. The third-order valence-corrected chi connectivity index (χ3v) is 1.95. The molecule has 1 atom stereocenters. The predicted octanol–water partition coefficient (Wildman–Crippen LogP) is 2.31. The summed E-state index contributed by atoms with van der Waals surface area (Å²) in [7, 11) is 0. The molecule has 0 aromatic carbocycles. The van der Waals surface area contributed by atoms with Crippen LogP contribution < -0.4 is 5.48 Å². The number of hydrogen-bond acceptors (Lipinski definition) is 3. The summed E-state index contributed by atoms with van der Waals surface area (Å²) in [5, 5.41) is 8.90. The summed E-state index contributed by atoms with van der Waals surface area (Å²) >= 11 is 0. The Bertz CT molecular complexity index is 338. The van der Waals surface area contributed by atoms with Crippen molar-refractivity contribution >= 4 is 5.91 Å². The van der Waals surface area contributed by atoms with Gasteiger partial charge in [0.25, 0.3) is 5.91 Å². The molecule has 0 aliphatic rings. The third-order valence-electron chi connectivity index (χ3n) is 1.95. The van der Waals surface area contributed by atoms with Gasteiger partial charge in [-0.2, -0.15) is 0 Å². The molecule has 0 heterocycles. The van der Waals surface area contributed by atoms with Gasteiger partial charge >= 0.3 is 0 Å². The Morgan fingerprint density at radius 2 is 2.11 bits per heavy atom. The third kappa shape index (κ3) is 5.88. The molecule has 0 bridgehead atoms. The summed E-state index contributed by atoms with van der Waals surface area (Å²) in [6, 6.07) is 0. The molecule has 0 spiro atoms. The minimum Gasteiger partial charge on any atom is -0.391 e. The summed E-state index contributed by atoms with van der Waals surface area (Å²) in [5.41, 5.74) is 1.23. The van der Waals surface area contributed by atoms with Crippen LogP contribution in [0.1, 0.15) is 33.6 Å². The highest BCUT2D eigenvalue weighted by molar-refractivity contribution is 5.96. The van der Waals surface area contributed by atoms with E-state index in [4.69, 9.17) is 5.11 Å². The number of rotatable bonds is 7. The first kappa shape index (κ1) is 16.7. The lowest BCUT2D eigenvalue weighted by Gasteiger charge is -2.10. The van der Waals surface area contributed by atoms with E-state index in [9.17, 15) is 13.6 Å². The van der Waals surface area contributed by atoms with Crippen LogP contribution in [0.2, 0.25) is 0 Å². The molecule has 1 unspecified atom stereocenters. The maximum atomic E-state index is 13.6. The van der Waals surface area contributed by atoms with Gasteiger partial charge < -0.3 is 5.11 Å². The maximum absolute atomic E-state index is 13.6. The molecule has 0 fully saturated rings. The summed E-state index contributed by atoms with van der Waals surface area (Å²) in [5.74, 6) is -2.78. The number of hydrogen-bond donors (Lipinski definition) is 2. The molecule has 2 N–H and O–H groups in total. The van der Waals surface area contributed by atoms with Gasteiger partial charge in [0, 0.05) is 0 Å². The van der Waals surface area contributed by atoms with Gasteiger partial charge in [-0.3, -0.25) is 9.63 Å². The fourth-order valence-corrected chi connectivity index (χ4v) is 1.13. The number of aliphatic hydroxyl groups is 1. The highest BCUT2D eigenvalue weighted by atomic mass is 19.1. The van der Waals surface area contributed by atoms with Gasteiger partial charge in [0.15, 0.2) is 0 Å². The Balaban J connectivity index is 4.78. The lowest BCUT2D eigenvalue weighted by atomic mass is 10.1. The Morgan fingerprint density at radius 1 is 1.50 bits per heavy atom. The number of nitrogens with one attached hydrogen (secondary N) is 1. The number of aliphatic hydroxyl groups excluding tert-OH is 1. The van der Waals surface area contributed by atoms with Gasteiger partial charge in [0.2, 0.25) is 0 Å². The zero-order valence-electron chi connectivity index (χ0n) is 10.8. The highest BCUT2D eigenvalue weighted by Gasteiger charge is 2.20. The van der Waals surface area contributed by atoms with Gasteiger partial charge in [-0.15, -0.1) is 0 Å². The lowest BCUT2D eigenvalue weighted by Crippen LogP contribution is -2.29. The second-order valence-electron chi connectivity index (χ2n) is 3.76. The summed E-state index contributed by atoms with van der Waals surface area (Å²) < 4.78 is 27.0. The van der Waals surface area contributed by atoms with E-state index >= 15 is 0 Å². The van der Waals surface area contributed by atoms with Crippen LogP contribution in [0.4, 0.5) is 8.78 Å². The van der Waals surface area contributed by atoms with E-state index in [2.05, 4.69) is 4.84 Å². The molecule has 0 aromatic rings. The summed E-state index contributed by atoms with van der Waals surface area (Å²) in [6.45, 7) is 4.37. The number of carbonyl (C=O) groups is 1. The quantitative estimate of drug-likeness (QED) is 0.421. The Hall–Kier alpha value is -1.27. The van der Waals surface area contributed by atoms with Crippen molar-refractivity contribution in [2.45, 2.75) is 39.7 Å². The molecular weight excluding hydrogens is 244 g/mol. The number of carbonyl (C=O) groups excluding carboxylic acids is 1. The lowest BCUT2D eigenvalue weighted by molar-refractivity contribution is -0.131. The summed E-state index contributed by atoms with van der Waals surface area (Å²) in [6.07, 6.45) is 0.637. The average Bonchev–Trinajstić information content (AvgIpc) is 2.28. The topological polar surface area (TPSA) is 58.6 Å². The minimum absolute atomic E-state index is 0.0274. The molecule has 6 heteroatoms. The van der Waals surface area contributed by atoms with Gasteiger partial charge in [-0.25, -0.2) is 14.3 Å². The molecule has 0 rings (SSSR count). The van der Waals surface area contributed by atoms with Crippen molar-refractivity contribution in [2.24, 2.45) is 0 Å². The molecule has 1 amide bonds. The maximum Gasteiger partial charge on any atom is 0.280 e. The molecule has 0 aliphatic carbocycles. The SMILES string of the molecule is C/C=C(F)\C(C(=O)NOCC(C)O)=C(\F)CCC. The average molecular weight is 263 g/mol. The molecule has 4 nitrogen and oxygen atoms in total. The zero-order chi connectivity index (χ0) is 14.1. The standard InChI is InChI=1S/C12H19F2NO3/c1-4-6-10(14)11(9(13)5-2)12(17)15-18-7-8(3)16/h5,8,16H,4,6-7H2,1-3H3,(H,15,17)/b9-5+,11-10-. The van der Waals surface area contributed by atoms with Crippen molar-refractivity contribution < 1.29 is 23.5 Å². The van der Waals surface area contributed by atoms with Crippen LogP contribution in [0.25, 0.3) is 0 Å². The van der Waals surface area contributed by atoms with Gasteiger partial charge in [-0.1, -0.05) is 13.0 Å². The summed E-state index contributed by atoms with van der Waals surface area (Å²) in [4.78, 5) is 16.2. The van der Waals surface area contributed by atoms with Crippen LogP contribution in [0.3, 0.4) is 0 Å². The second kappa shape index (κ2) is 8.77. The molecule has 0 saturated heterocycles. The number of allylic oxidation sites excluding steroid dienone is 2. The van der Waals surface area contributed by atoms with Crippen molar-refractivity contribution in [1.29, 1.82) is 0 Å². The van der Waals surface area contributed by atoms with Crippen molar-refractivity contribution in [3.8, 4) is 0 Å². The molecule has 104 valence electrons. The predicted molar refractivity (Wildman–Crippen MR) is 63.7 cm³/mol. The van der Waals surface area contributed by atoms with E-state index < -0.39 is 29.2 Å². The van der Waals surface area contributed by atoms with Gasteiger partial charge in [0.1, 0.15) is 23.8 Å². The van der Waals surface area contributed by atoms with E-state index in [1.165, 1.54) is 13.8 Å². The van der Waals surface area contributed by atoms with E-state index in [0.717, 1.165) is 6.08 Å². The zero-order valence-corrected chi connectivity index (χ0v) is 10.8. The van der Waals surface area contributed by atoms with Crippen molar-refractivity contribution in [2.75, 3.05) is 6.61 Å². The number of halogens is 2. The smallest absolute Gasteiger partial charge is 0.280 e. The largest absolute Gasteiger partial charge is 0.391 e. The van der Waals surface area contributed by atoms with E-state index in [1.807, 2.05) is 5.48 Å². The van der Waals surface area contributed by atoms with Gasteiger partial charge in [-0.05, 0) is 26.7 Å². The van der Waals surface area contributed by atoms with E-state index in [0.29, 0.717) is 6.42 Å². The first-order chi connectivity index (χ1) is 8.43. The first-order valence-corrected chi connectivity index (χ1v) is 5.75. The minimum atomic E-state index is -1.00. The number of hydroxylamine groups is 1. The molecule has 0 radical (unpaired) electrons. The fourth-order valence-electron chi connectivity index (χ4n) is 1.13. The van der Waals surface area contributed by atoms with Crippen LogP contribution in [0.15, 0.2) is 23.3 Å². The van der Waals surface area contributed by atoms with Crippen LogP contribution in [0, 0.1) is 0 Å². The molecular formula is C12H19F2NO3. The second-order valence-corrected chi connectivity index (χ2v) is 3.76. The molecule has 18 heavy (non-hydrogen) atoms. The van der Waals surface area contributed by atoms with Crippen molar-refractivity contribution in [3.63, 3.8) is 0 Å². The van der Waals surface area contributed by atoms with E-state index in [1.54, 1.807) is 6.92 Å². The van der Waals surface area contributed by atoms with E-state index in [-0.39, 0.29) is 13.0 Å². The van der Waals surface area contributed by atoms with Crippen molar-refractivity contribution in [1.82, 2.24) is 5.48 Å². The van der Waals surface area contributed by atoms with Gasteiger partial charge in [0.05, 0.1) is 6.10 Å². The normalized spacial score (nSPS) is 15.1. The Labute approximate surface area is 105 Å². The monoisotopic (exact) mass is 263 g/mol. The van der Waals surface area contributed by atoms with Crippen LogP contribution in [-0.2, 0) is 9.63 Å². The Kier molecular flexibility index (Phi) is 8.15. The Morgan fingerprint density at radius 3 is 2.56 bits per heavy atom. The van der Waals surface area contributed by atoms with Crippen LogP contribution in [-0.4, -0.2) is 23.7 Å². The molecule has 0 saturated carbocycles. The fraction of sp³-hybridized carbons (Fsp3) is 0.583. The molecule has 0 aliphatic heterocycles. The van der Waals surface area contributed by atoms with Crippen LogP contribution >= 0.6 is 0 Å². The highest BCUT2D eigenvalue weighted by Crippen LogP contribution is 2.21. The molecule has 0 aromatic heterocycles.